The summed E-state index contributed by atoms with van der Waals surface area (Å²) in [4.78, 5) is 31.1. The van der Waals surface area contributed by atoms with Gasteiger partial charge in [-0.2, -0.15) is 0 Å². The first-order chi connectivity index (χ1) is 14.1. The second-order valence-electron chi connectivity index (χ2n) is 7.11. The third-order valence-electron chi connectivity index (χ3n) is 5.06. The number of anilines is 3. The van der Waals surface area contributed by atoms with Crippen molar-refractivity contribution in [1.29, 1.82) is 0 Å². The minimum Gasteiger partial charge on any atom is -0.399 e. The molecule has 6 nitrogen and oxygen atoms in total. The number of benzene rings is 2. The van der Waals surface area contributed by atoms with Gasteiger partial charge in [0.2, 0.25) is 5.95 Å². The second-order valence-corrected chi connectivity index (χ2v) is 8.27. The Labute approximate surface area is 186 Å². The zero-order chi connectivity index (χ0) is 21.8. The van der Waals surface area contributed by atoms with Crippen LogP contribution in [0, 0.1) is 5.82 Å². The second kappa shape index (κ2) is 7.27. The Balaban J connectivity index is 1.89. The SMILES string of the molecule is C[C@@]1(Cc2ccc(N)cc2)C(=O)N(c2cc(Cl)c(F)c(Cl)c2)c2ncc(C(=O)Cl)n21. The Morgan fingerprint density at radius 2 is 1.80 bits per heavy atom. The van der Waals surface area contributed by atoms with Gasteiger partial charge in [-0.05, 0) is 48.4 Å². The van der Waals surface area contributed by atoms with E-state index >= 15 is 0 Å². The zero-order valence-corrected chi connectivity index (χ0v) is 17.8. The van der Waals surface area contributed by atoms with Crippen LogP contribution in [0.25, 0.3) is 0 Å². The normalized spacial score (nSPS) is 18.0. The third kappa shape index (κ3) is 3.14. The van der Waals surface area contributed by atoms with Gasteiger partial charge in [0.1, 0.15) is 11.2 Å². The predicted molar refractivity (Wildman–Crippen MR) is 114 cm³/mol. The Kier molecular flexibility index (Phi) is 5.00. The number of carbonyl (C=O) groups excluding carboxylic acids is 2. The molecule has 1 amide bonds. The standard InChI is InChI=1S/C20H14Cl3FN4O2/c1-20(8-10-2-4-11(25)5-3-10)18(30)27(12-6-13(21)16(24)14(22)7-12)19-26-9-15(17(23)29)28(19)20/h2-7,9H,8,25H2,1H3/t20-/m1/s1. The lowest BCUT2D eigenvalue weighted by Crippen LogP contribution is -2.41. The number of imidazole rings is 1. The summed E-state index contributed by atoms with van der Waals surface area (Å²) in [7, 11) is 0. The van der Waals surface area contributed by atoms with Crippen molar-refractivity contribution >= 4 is 63.3 Å². The van der Waals surface area contributed by atoms with Crippen LogP contribution in [0.5, 0.6) is 0 Å². The molecule has 0 spiro atoms. The van der Waals surface area contributed by atoms with Crippen molar-refractivity contribution in [2.75, 3.05) is 10.6 Å². The molecule has 1 aliphatic heterocycles. The number of rotatable bonds is 4. The van der Waals surface area contributed by atoms with Crippen molar-refractivity contribution in [2.45, 2.75) is 18.9 Å². The Morgan fingerprint density at radius 3 is 2.37 bits per heavy atom. The zero-order valence-electron chi connectivity index (χ0n) is 15.5. The van der Waals surface area contributed by atoms with E-state index in [-0.39, 0.29) is 33.8 Å². The van der Waals surface area contributed by atoms with Crippen LogP contribution in [0.2, 0.25) is 10.0 Å². The average Bonchev–Trinajstić information content (AvgIpc) is 3.21. The van der Waals surface area contributed by atoms with E-state index in [2.05, 4.69) is 4.98 Å². The molecule has 154 valence electrons. The number of nitrogens with zero attached hydrogens (tertiary/aromatic N) is 3. The summed E-state index contributed by atoms with van der Waals surface area (Å²) in [6.07, 6.45) is 1.52. The van der Waals surface area contributed by atoms with E-state index < -0.39 is 22.5 Å². The van der Waals surface area contributed by atoms with Gasteiger partial charge in [-0.15, -0.1) is 0 Å². The Hall–Kier alpha value is -2.61. The molecule has 2 N–H and O–H groups in total. The molecule has 2 aromatic carbocycles. The molecule has 30 heavy (non-hydrogen) atoms. The number of hydrogen-bond donors (Lipinski definition) is 1. The van der Waals surface area contributed by atoms with E-state index in [4.69, 9.17) is 40.5 Å². The molecule has 0 saturated carbocycles. The largest absolute Gasteiger partial charge is 0.399 e. The van der Waals surface area contributed by atoms with Crippen molar-refractivity contribution < 1.29 is 14.0 Å². The molecular weight excluding hydrogens is 454 g/mol. The van der Waals surface area contributed by atoms with Crippen molar-refractivity contribution in [3.8, 4) is 0 Å². The molecule has 0 saturated heterocycles. The lowest BCUT2D eigenvalue weighted by molar-refractivity contribution is -0.123. The molecule has 3 aromatic rings. The molecule has 1 aliphatic rings. The lowest BCUT2D eigenvalue weighted by atomic mass is 9.91. The summed E-state index contributed by atoms with van der Waals surface area (Å²) >= 11 is 17.6. The lowest BCUT2D eigenvalue weighted by Gasteiger charge is -2.26. The Morgan fingerprint density at radius 1 is 1.20 bits per heavy atom. The molecule has 0 bridgehead atoms. The molecule has 2 heterocycles. The fraction of sp³-hybridized carbons (Fsp3) is 0.150. The number of hydrogen-bond acceptors (Lipinski definition) is 4. The molecule has 0 aliphatic carbocycles. The van der Waals surface area contributed by atoms with Gasteiger partial charge < -0.3 is 5.73 Å². The quantitative estimate of drug-likeness (QED) is 0.335. The van der Waals surface area contributed by atoms with Crippen LogP contribution in [0.3, 0.4) is 0 Å². The number of amides is 1. The summed E-state index contributed by atoms with van der Waals surface area (Å²) in [5.74, 6) is -1.04. The van der Waals surface area contributed by atoms with Gasteiger partial charge in [-0.1, -0.05) is 35.3 Å². The monoisotopic (exact) mass is 466 g/mol. The highest BCUT2D eigenvalue weighted by Crippen LogP contribution is 2.44. The van der Waals surface area contributed by atoms with E-state index in [0.717, 1.165) is 5.56 Å². The van der Waals surface area contributed by atoms with Crippen LogP contribution in [0.1, 0.15) is 23.0 Å². The summed E-state index contributed by atoms with van der Waals surface area (Å²) in [5.41, 5.74) is 6.18. The van der Waals surface area contributed by atoms with Crippen LogP contribution < -0.4 is 10.6 Å². The van der Waals surface area contributed by atoms with Crippen molar-refractivity contribution in [2.24, 2.45) is 0 Å². The Bertz CT molecular complexity index is 1170. The summed E-state index contributed by atoms with van der Waals surface area (Å²) in [6, 6.07) is 9.57. The fourth-order valence-corrected chi connectivity index (χ4v) is 4.25. The molecule has 1 aromatic heterocycles. The molecule has 4 rings (SSSR count). The first-order valence-corrected chi connectivity index (χ1v) is 9.88. The van der Waals surface area contributed by atoms with Gasteiger partial charge in [-0.25, -0.2) is 14.3 Å². The van der Waals surface area contributed by atoms with Crippen LogP contribution in [0.4, 0.5) is 21.7 Å². The topological polar surface area (TPSA) is 81.2 Å². The number of aromatic nitrogens is 2. The van der Waals surface area contributed by atoms with E-state index in [0.29, 0.717) is 5.69 Å². The van der Waals surface area contributed by atoms with Gasteiger partial charge in [-0.3, -0.25) is 14.2 Å². The summed E-state index contributed by atoms with van der Waals surface area (Å²) < 4.78 is 15.4. The maximum atomic E-state index is 13.9. The molecule has 0 fully saturated rings. The first kappa shape index (κ1) is 20.7. The highest BCUT2D eigenvalue weighted by molar-refractivity contribution is 6.67. The minimum absolute atomic E-state index is 0.0553. The number of fused-ring (bicyclic) bond motifs is 1. The van der Waals surface area contributed by atoms with E-state index in [1.54, 1.807) is 31.2 Å². The molecular formula is C20H14Cl3FN4O2. The summed E-state index contributed by atoms with van der Waals surface area (Å²) in [6.45, 7) is 1.67. The van der Waals surface area contributed by atoms with Crippen molar-refractivity contribution in [3.05, 3.63) is 69.7 Å². The van der Waals surface area contributed by atoms with Crippen LogP contribution in [-0.4, -0.2) is 20.7 Å². The number of carbonyl (C=O) groups is 2. The molecule has 0 radical (unpaired) electrons. The van der Waals surface area contributed by atoms with Gasteiger partial charge in [0.05, 0.1) is 21.9 Å². The number of nitrogen functional groups attached to an aromatic ring is 1. The van der Waals surface area contributed by atoms with E-state index in [1.807, 2.05) is 0 Å². The number of halogens is 4. The van der Waals surface area contributed by atoms with Crippen LogP contribution >= 0.6 is 34.8 Å². The van der Waals surface area contributed by atoms with Gasteiger partial charge in [0, 0.05) is 12.1 Å². The molecule has 0 unspecified atom stereocenters. The van der Waals surface area contributed by atoms with Gasteiger partial charge in [0.15, 0.2) is 5.82 Å². The number of nitrogens with two attached hydrogens (primary N) is 1. The predicted octanol–water partition coefficient (Wildman–Crippen LogP) is 4.93. The van der Waals surface area contributed by atoms with Crippen LogP contribution in [-0.2, 0) is 16.8 Å². The van der Waals surface area contributed by atoms with Crippen molar-refractivity contribution in [3.63, 3.8) is 0 Å². The highest BCUT2D eigenvalue weighted by Gasteiger charge is 2.51. The third-order valence-corrected chi connectivity index (χ3v) is 5.80. The van der Waals surface area contributed by atoms with Crippen molar-refractivity contribution in [1.82, 2.24) is 9.55 Å². The first-order valence-electron chi connectivity index (χ1n) is 8.75. The summed E-state index contributed by atoms with van der Waals surface area (Å²) in [5, 5.41) is -1.25. The average molecular weight is 468 g/mol. The fourth-order valence-electron chi connectivity index (χ4n) is 3.64. The van der Waals surface area contributed by atoms with Crippen LogP contribution in [0.15, 0.2) is 42.6 Å². The minimum atomic E-state index is -1.24. The molecule has 10 heteroatoms. The molecule has 1 atom stereocenters. The van der Waals surface area contributed by atoms with E-state index in [1.165, 1.54) is 27.8 Å². The highest BCUT2D eigenvalue weighted by atomic mass is 35.5. The van der Waals surface area contributed by atoms with E-state index in [9.17, 15) is 14.0 Å². The van der Waals surface area contributed by atoms with Gasteiger partial charge in [0.25, 0.3) is 11.1 Å². The maximum Gasteiger partial charge on any atom is 0.270 e. The maximum absolute atomic E-state index is 13.9. The van der Waals surface area contributed by atoms with Gasteiger partial charge >= 0.3 is 0 Å². The smallest absolute Gasteiger partial charge is 0.270 e.